The molecular weight excluding hydrogens is 252 g/mol. The third kappa shape index (κ3) is 1.16. The fourth-order valence-electron chi connectivity index (χ4n) is 1.54. The Labute approximate surface area is 88.5 Å². The van der Waals surface area contributed by atoms with Gasteiger partial charge in [-0.05, 0) is 17.7 Å². The summed E-state index contributed by atoms with van der Waals surface area (Å²) in [5.41, 5.74) is -1.20. The van der Waals surface area contributed by atoms with Crippen molar-refractivity contribution < 1.29 is 8.78 Å². The Morgan fingerprint density at radius 2 is 2.07 bits per heavy atom. The molecule has 4 heteroatoms. The van der Waals surface area contributed by atoms with E-state index in [1.54, 1.807) is 30.3 Å². The summed E-state index contributed by atoms with van der Waals surface area (Å²) >= 11 is 3.19. The van der Waals surface area contributed by atoms with Crippen molar-refractivity contribution in [1.82, 2.24) is 0 Å². The lowest BCUT2D eigenvalue weighted by atomic mass is 9.97. The van der Waals surface area contributed by atoms with Crippen LogP contribution in [-0.4, -0.2) is 5.92 Å². The average molecular weight is 258 g/mol. The molecule has 1 aliphatic rings. The maximum atomic E-state index is 13.0. The van der Waals surface area contributed by atoms with Gasteiger partial charge in [0.05, 0.1) is 6.07 Å². The third-order valence-corrected chi connectivity index (χ3v) is 2.99. The molecular formula is C10H6BrF2N. The van der Waals surface area contributed by atoms with Crippen LogP contribution in [0.25, 0.3) is 0 Å². The van der Waals surface area contributed by atoms with E-state index in [0.717, 1.165) is 0 Å². The fourth-order valence-corrected chi connectivity index (χ4v) is 1.94. The lowest BCUT2D eigenvalue weighted by Gasteiger charge is -2.07. The first-order valence-corrected chi connectivity index (χ1v) is 4.86. The first-order chi connectivity index (χ1) is 6.52. The fraction of sp³-hybridized carbons (Fsp3) is 0.300. The Balaban J connectivity index is 2.47. The molecule has 0 spiro atoms. The zero-order chi connectivity index (χ0) is 10.4. The summed E-state index contributed by atoms with van der Waals surface area (Å²) in [7, 11) is 0. The predicted octanol–water partition coefficient (Wildman–Crippen LogP) is 3.25. The Hall–Kier alpha value is -0.950. The van der Waals surface area contributed by atoms with Crippen molar-refractivity contribution in [3.63, 3.8) is 0 Å². The van der Waals surface area contributed by atoms with Crippen molar-refractivity contribution in [1.29, 1.82) is 5.26 Å². The summed E-state index contributed by atoms with van der Waals surface area (Å²) < 4.78 is 26.8. The molecule has 1 aromatic rings. The lowest BCUT2D eigenvalue weighted by molar-refractivity contribution is 0.0996. The summed E-state index contributed by atoms with van der Waals surface area (Å²) in [4.78, 5) is 0. The van der Waals surface area contributed by atoms with Crippen molar-refractivity contribution in [2.75, 3.05) is 0 Å². The zero-order valence-corrected chi connectivity index (χ0v) is 8.68. The largest absolute Gasteiger partial charge is 0.272 e. The molecule has 1 aromatic carbocycles. The van der Waals surface area contributed by atoms with E-state index in [-0.39, 0.29) is 6.42 Å². The SMILES string of the molecule is N#C[C@@]1(c2cccc(Br)c2)CC1(F)F. The average Bonchev–Trinajstić information content (AvgIpc) is 2.70. The van der Waals surface area contributed by atoms with Gasteiger partial charge in [-0.3, -0.25) is 0 Å². The van der Waals surface area contributed by atoms with Crippen LogP contribution in [0.3, 0.4) is 0 Å². The Morgan fingerprint density at radius 1 is 1.43 bits per heavy atom. The van der Waals surface area contributed by atoms with Crippen molar-refractivity contribution >= 4 is 15.9 Å². The van der Waals surface area contributed by atoms with E-state index in [1.165, 1.54) is 0 Å². The van der Waals surface area contributed by atoms with E-state index in [9.17, 15) is 8.78 Å². The highest BCUT2D eigenvalue weighted by Crippen LogP contribution is 2.61. The molecule has 1 atom stereocenters. The number of alkyl halides is 2. The number of hydrogen-bond donors (Lipinski definition) is 0. The predicted molar refractivity (Wildman–Crippen MR) is 51.0 cm³/mol. The smallest absolute Gasteiger partial charge is 0.205 e. The topological polar surface area (TPSA) is 23.8 Å². The minimum Gasteiger partial charge on any atom is -0.205 e. The van der Waals surface area contributed by atoms with Crippen molar-refractivity contribution in [3.8, 4) is 6.07 Å². The standard InChI is InChI=1S/C10H6BrF2N/c11-8-3-1-2-7(4-8)9(6-14)5-10(9,12)13/h1-4H,5H2/t9-/m1/s1. The summed E-state index contributed by atoms with van der Waals surface area (Å²) in [6, 6.07) is 8.26. The van der Waals surface area contributed by atoms with Crippen LogP contribution < -0.4 is 0 Å². The highest BCUT2D eigenvalue weighted by Gasteiger charge is 2.73. The maximum absolute atomic E-state index is 13.0. The molecule has 0 bridgehead atoms. The Bertz CT molecular complexity index is 424. The van der Waals surface area contributed by atoms with E-state index < -0.39 is 11.3 Å². The van der Waals surface area contributed by atoms with Gasteiger partial charge in [-0.25, -0.2) is 8.78 Å². The van der Waals surface area contributed by atoms with Crippen LogP contribution >= 0.6 is 15.9 Å². The molecule has 0 unspecified atom stereocenters. The minimum absolute atomic E-state index is 0.368. The molecule has 0 amide bonds. The number of nitriles is 1. The van der Waals surface area contributed by atoms with Crippen molar-refractivity contribution in [2.45, 2.75) is 17.8 Å². The monoisotopic (exact) mass is 257 g/mol. The molecule has 72 valence electrons. The summed E-state index contributed by atoms with van der Waals surface area (Å²) in [5, 5.41) is 8.79. The molecule has 1 nitrogen and oxygen atoms in total. The Kier molecular flexibility index (Phi) is 1.90. The van der Waals surface area contributed by atoms with Gasteiger partial charge in [0.1, 0.15) is 0 Å². The minimum atomic E-state index is -2.87. The molecule has 1 fully saturated rings. The number of halogens is 3. The molecule has 14 heavy (non-hydrogen) atoms. The van der Waals surface area contributed by atoms with E-state index >= 15 is 0 Å². The highest BCUT2D eigenvalue weighted by atomic mass is 79.9. The Morgan fingerprint density at radius 3 is 2.50 bits per heavy atom. The van der Waals surface area contributed by atoms with E-state index in [1.807, 2.05) is 0 Å². The van der Waals surface area contributed by atoms with Gasteiger partial charge in [-0.2, -0.15) is 5.26 Å². The van der Waals surface area contributed by atoms with Gasteiger partial charge in [0, 0.05) is 10.9 Å². The molecule has 2 rings (SSSR count). The van der Waals surface area contributed by atoms with Crippen LogP contribution in [0.15, 0.2) is 28.7 Å². The molecule has 1 aliphatic carbocycles. The van der Waals surface area contributed by atoms with Crippen LogP contribution in [-0.2, 0) is 5.41 Å². The molecule has 1 saturated carbocycles. The third-order valence-electron chi connectivity index (χ3n) is 2.49. The summed E-state index contributed by atoms with van der Waals surface area (Å²) in [6.45, 7) is 0. The number of benzene rings is 1. The molecule has 0 N–H and O–H groups in total. The second-order valence-electron chi connectivity index (χ2n) is 3.41. The van der Waals surface area contributed by atoms with Crippen LogP contribution in [0.4, 0.5) is 8.78 Å². The lowest BCUT2D eigenvalue weighted by Crippen LogP contribution is -2.13. The highest BCUT2D eigenvalue weighted by molar-refractivity contribution is 9.10. The second kappa shape index (κ2) is 2.77. The maximum Gasteiger partial charge on any atom is 0.272 e. The number of nitrogens with zero attached hydrogens (tertiary/aromatic N) is 1. The van der Waals surface area contributed by atoms with Gasteiger partial charge in [0.2, 0.25) is 0 Å². The summed E-state index contributed by atoms with van der Waals surface area (Å²) in [6.07, 6.45) is -0.368. The van der Waals surface area contributed by atoms with Gasteiger partial charge in [-0.1, -0.05) is 28.1 Å². The normalized spacial score (nSPS) is 28.1. The van der Waals surface area contributed by atoms with Crippen molar-refractivity contribution in [3.05, 3.63) is 34.3 Å². The van der Waals surface area contributed by atoms with E-state index in [4.69, 9.17) is 5.26 Å². The molecule has 0 aromatic heterocycles. The van der Waals surface area contributed by atoms with Crippen LogP contribution in [0.2, 0.25) is 0 Å². The van der Waals surface area contributed by atoms with Crippen molar-refractivity contribution in [2.24, 2.45) is 0 Å². The van der Waals surface area contributed by atoms with Crippen LogP contribution in [0.1, 0.15) is 12.0 Å². The zero-order valence-electron chi connectivity index (χ0n) is 7.10. The molecule has 0 saturated heterocycles. The van der Waals surface area contributed by atoms with Gasteiger partial charge in [-0.15, -0.1) is 0 Å². The molecule has 0 heterocycles. The second-order valence-corrected chi connectivity index (χ2v) is 4.32. The van der Waals surface area contributed by atoms with Gasteiger partial charge < -0.3 is 0 Å². The first kappa shape index (κ1) is 9.60. The summed E-state index contributed by atoms with van der Waals surface area (Å²) in [5.74, 6) is -2.87. The van der Waals surface area contributed by atoms with Gasteiger partial charge >= 0.3 is 0 Å². The quantitative estimate of drug-likeness (QED) is 0.758. The van der Waals surface area contributed by atoms with Crippen LogP contribution in [0, 0.1) is 11.3 Å². The van der Waals surface area contributed by atoms with Crippen LogP contribution in [0.5, 0.6) is 0 Å². The van der Waals surface area contributed by atoms with Gasteiger partial charge in [0.25, 0.3) is 5.92 Å². The molecule has 0 aliphatic heterocycles. The van der Waals surface area contributed by atoms with Gasteiger partial charge in [0.15, 0.2) is 5.41 Å². The number of rotatable bonds is 1. The molecule has 0 radical (unpaired) electrons. The van der Waals surface area contributed by atoms with E-state index in [0.29, 0.717) is 10.0 Å². The number of hydrogen-bond acceptors (Lipinski definition) is 1. The van der Waals surface area contributed by atoms with E-state index in [2.05, 4.69) is 15.9 Å². The first-order valence-electron chi connectivity index (χ1n) is 4.07.